The van der Waals surface area contributed by atoms with Crippen LogP contribution in [-0.4, -0.2) is 106 Å². The van der Waals surface area contributed by atoms with Gasteiger partial charge in [-0.2, -0.15) is 0 Å². The number of amides is 3. The van der Waals surface area contributed by atoms with Crippen molar-refractivity contribution in [3.05, 3.63) is 83.2 Å². The highest BCUT2D eigenvalue weighted by Crippen LogP contribution is 2.30. The summed E-state index contributed by atoms with van der Waals surface area (Å²) in [6.45, 7) is 22.9. The lowest BCUT2D eigenvalue weighted by Gasteiger charge is -2.26. The van der Waals surface area contributed by atoms with Crippen molar-refractivity contribution < 1.29 is 52.8 Å². The Kier molecular flexibility index (Phi) is 25.0. The fourth-order valence-corrected chi connectivity index (χ4v) is 9.23. The molecule has 2 aromatic carbocycles. The van der Waals surface area contributed by atoms with Crippen LogP contribution in [0.15, 0.2) is 72.1 Å². The Morgan fingerprint density at radius 3 is 1.55 bits per heavy atom. The van der Waals surface area contributed by atoms with Gasteiger partial charge in [0, 0.05) is 60.5 Å². The molecule has 0 aliphatic carbocycles. The predicted molar refractivity (Wildman–Crippen MR) is 276 cm³/mol. The highest BCUT2D eigenvalue weighted by Gasteiger charge is 2.37. The lowest BCUT2D eigenvalue weighted by molar-refractivity contribution is -0.154. The van der Waals surface area contributed by atoms with Gasteiger partial charge in [0.1, 0.15) is 29.7 Å². The summed E-state index contributed by atoms with van der Waals surface area (Å²) in [5.41, 5.74) is 7.92. The van der Waals surface area contributed by atoms with Gasteiger partial charge in [-0.1, -0.05) is 121 Å². The number of nitrogens with zero attached hydrogens (tertiary/aromatic N) is 2. The van der Waals surface area contributed by atoms with Crippen LogP contribution in [0.25, 0.3) is 0 Å². The van der Waals surface area contributed by atoms with Crippen LogP contribution in [0.3, 0.4) is 0 Å². The average molecular weight is 994 g/mol. The van der Waals surface area contributed by atoms with Crippen LogP contribution in [0, 0.1) is 5.92 Å². The van der Waals surface area contributed by atoms with Crippen LogP contribution in [0.2, 0.25) is 51.4 Å². The van der Waals surface area contributed by atoms with Crippen LogP contribution >= 0.6 is 0 Å². The number of benzene rings is 2. The highest BCUT2D eigenvalue weighted by atomic mass is 28.3. The van der Waals surface area contributed by atoms with Crippen LogP contribution in [0.5, 0.6) is 11.5 Å². The number of nitrogens with two attached hydrogens (primary N) is 1. The van der Waals surface area contributed by atoms with E-state index in [9.17, 15) is 29.1 Å². The largest absolute Gasteiger partial charge is 0.480 e. The molecule has 2 aliphatic rings. The standard InChI is InChI=1S/C34H56N2O6Si.C19H27NO5Si/c1-7-8-9-12-17-28(18-13-10-11-16-27(3)32(35)37)42-34(39)30-23-26(2)24-36(30)33(38)29-19-14-15-20-31(29)41-25-40-21-22-43(4,5)6;1-14-11-16(19(22)23)20(12-14)18(21)15-7-5-6-8-17(15)25-13-24-9-10-26(2,3)4/h14-15,19-20,24,27-28,30H,7-13,16-18,21-23,25H2,1-6H3,(H2,35,37);5-8,12,16H,9-11,13H2,1-4H3,(H,22,23)/t27-,28-,30+;16-/m10/s1. The molecule has 3 N–H and O–H groups in total. The van der Waals surface area contributed by atoms with Crippen molar-refractivity contribution >= 4 is 45.8 Å². The molecule has 4 atom stereocenters. The van der Waals surface area contributed by atoms with E-state index in [1.807, 2.05) is 26.8 Å². The van der Waals surface area contributed by atoms with Crippen molar-refractivity contribution in [1.29, 1.82) is 0 Å². The van der Waals surface area contributed by atoms with Crippen molar-refractivity contribution in [2.75, 3.05) is 26.8 Å². The SMILES string of the molecule is CC1=CN(C(=O)c2ccccc2OCOCC[Si](C)(C)C)[C@H](C(=O)O)C1.CCCCCC[C@H](CCCCC[C@@H](C)C(N)=O)OC(=O)[C@@H]1CC(C)=CN1C(=O)c1ccccc1OCOCC[Si](C)(C)C. The van der Waals surface area contributed by atoms with E-state index in [0.717, 1.165) is 87.4 Å². The van der Waals surface area contributed by atoms with Gasteiger partial charge in [-0.05, 0) is 82.3 Å². The van der Waals surface area contributed by atoms with Crippen LogP contribution in [-0.2, 0) is 28.6 Å². The predicted octanol–water partition coefficient (Wildman–Crippen LogP) is 11.0. The lowest BCUT2D eigenvalue weighted by atomic mass is 9.99. The normalized spacial score (nSPS) is 16.7. The Labute approximate surface area is 414 Å². The quantitative estimate of drug-likeness (QED) is 0.0342. The van der Waals surface area contributed by atoms with E-state index < -0.39 is 34.2 Å². The molecule has 2 aliphatic heterocycles. The Balaban J connectivity index is 0.000000412. The van der Waals surface area contributed by atoms with Crippen LogP contribution in [0.4, 0.5) is 0 Å². The Morgan fingerprint density at radius 2 is 1.10 bits per heavy atom. The first-order chi connectivity index (χ1) is 32.6. The van der Waals surface area contributed by atoms with Crippen molar-refractivity contribution in [3.63, 3.8) is 0 Å². The molecule has 0 bridgehead atoms. The molecule has 2 heterocycles. The molecule has 0 fully saturated rings. The lowest BCUT2D eigenvalue weighted by Crippen LogP contribution is -2.41. The van der Waals surface area contributed by atoms with Crippen LogP contribution < -0.4 is 15.2 Å². The first-order valence-corrected chi connectivity index (χ1v) is 32.3. The van der Waals surface area contributed by atoms with E-state index in [0.29, 0.717) is 48.7 Å². The first-order valence-electron chi connectivity index (χ1n) is 24.9. The van der Waals surface area contributed by atoms with Gasteiger partial charge in [0.2, 0.25) is 5.91 Å². The molecule has 14 nitrogen and oxygen atoms in total. The number of carbonyl (C=O) groups is 5. The maximum absolute atomic E-state index is 13.8. The van der Waals surface area contributed by atoms with E-state index in [2.05, 4.69) is 46.2 Å². The number of aliphatic carboxylic acids is 1. The zero-order valence-corrected chi connectivity index (χ0v) is 45.3. The molecule has 69 heavy (non-hydrogen) atoms. The number of primary amides is 1. The molecule has 0 radical (unpaired) electrons. The van der Waals surface area contributed by atoms with Gasteiger partial charge in [0.25, 0.3) is 11.8 Å². The van der Waals surface area contributed by atoms with Gasteiger partial charge in [0.05, 0.1) is 11.1 Å². The molecule has 2 aromatic rings. The summed E-state index contributed by atoms with van der Waals surface area (Å²) >= 11 is 0. The van der Waals surface area contributed by atoms with Gasteiger partial charge >= 0.3 is 11.9 Å². The second kappa shape index (κ2) is 29.4. The molecule has 0 unspecified atom stereocenters. The van der Waals surface area contributed by atoms with Gasteiger partial charge < -0.3 is 44.3 Å². The summed E-state index contributed by atoms with van der Waals surface area (Å²) in [6.07, 6.45) is 13.5. The topological polar surface area (TPSA) is 184 Å². The van der Waals surface area contributed by atoms with E-state index in [1.54, 1.807) is 54.9 Å². The summed E-state index contributed by atoms with van der Waals surface area (Å²) in [4.78, 5) is 65.7. The minimum absolute atomic E-state index is 0.0615. The molecule has 0 saturated carbocycles. The number of rotatable bonds is 29. The third-order valence-electron chi connectivity index (χ3n) is 12.1. The molecular formula is C53H83N3O11Si2. The van der Waals surface area contributed by atoms with Gasteiger partial charge in [-0.3, -0.25) is 14.4 Å². The van der Waals surface area contributed by atoms with Gasteiger partial charge in [-0.15, -0.1) is 0 Å². The fourth-order valence-electron chi connectivity index (χ4n) is 7.72. The second-order valence-corrected chi connectivity index (χ2v) is 32.2. The van der Waals surface area contributed by atoms with Crippen molar-refractivity contribution in [1.82, 2.24) is 9.80 Å². The number of carbonyl (C=O) groups excluding carboxylic acids is 4. The third-order valence-corrected chi connectivity index (χ3v) is 15.5. The zero-order chi connectivity index (χ0) is 51.1. The van der Waals surface area contributed by atoms with Gasteiger partial charge in [-0.25, -0.2) is 9.59 Å². The second-order valence-electron chi connectivity index (χ2n) is 21.0. The maximum Gasteiger partial charge on any atom is 0.329 e. The van der Waals surface area contributed by atoms with E-state index >= 15 is 0 Å². The molecule has 3 amide bonds. The fraction of sp³-hybridized carbons (Fsp3) is 0.604. The molecule has 0 spiro atoms. The summed E-state index contributed by atoms with van der Waals surface area (Å²) < 4.78 is 28.8. The molecular weight excluding hydrogens is 911 g/mol. The summed E-state index contributed by atoms with van der Waals surface area (Å²) in [6, 6.07) is 14.4. The summed E-state index contributed by atoms with van der Waals surface area (Å²) in [7, 11) is -2.37. The van der Waals surface area contributed by atoms with Crippen LogP contribution in [0.1, 0.15) is 125 Å². The minimum Gasteiger partial charge on any atom is -0.480 e. The molecule has 4 rings (SSSR count). The van der Waals surface area contributed by atoms with E-state index in [-0.39, 0.29) is 49.3 Å². The van der Waals surface area contributed by atoms with E-state index in [4.69, 9.17) is 29.4 Å². The molecule has 0 saturated heterocycles. The number of ether oxygens (including phenoxy) is 5. The minimum atomic E-state index is -1.21. The number of hydrogen-bond acceptors (Lipinski definition) is 10. The Morgan fingerprint density at radius 1 is 0.667 bits per heavy atom. The van der Waals surface area contributed by atoms with Crippen molar-refractivity contribution in [2.45, 2.75) is 174 Å². The highest BCUT2D eigenvalue weighted by molar-refractivity contribution is 6.76. The maximum atomic E-state index is 13.8. The number of hydrogen-bond donors (Lipinski definition) is 2. The Hall–Kier alpha value is -4.78. The molecule has 16 heteroatoms. The van der Waals surface area contributed by atoms with Gasteiger partial charge in [0.15, 0.2) is 13.6 Å². The van der Waals surface area contributed by atoms with Crippen molar-refractivity contribution in [3.8, 4) is 11.5 Å². The van der Waals surface area contributed by atoms with Crippen molar-refractivity contribution in [2.24, 2.45) is 11.7 Å². The first kappa shape index (κ1) is 58.5. The number of carboxylic acids is 1. The number of esters is 1. The number of unbranched alkanes of at least 4 members (excludes halogenated alkanes) is 5. The summed E-state index contributed by atoms with van der Waals surface area (Å²) in [5.74, 6) is -1.61. The molecule has 384 valence electrons. The smallest absolute Gasteiger partial charge is 0.329 e. The van der Waals surface area contributed by atoms with E-state index in [1.165, 1.54) is 9.80 Å². The summed E-state index contributed by atoms with van der Waals surface area (Å²) in [5, 5.41) is 9.36. The molecule has 0 aromatic heterocycles. The Bertz CT molecular complexity index is 2030. The monoisotopic (exact) mass is 994 g/mol. The number of para-hydroxylation sites is 2. The third kappa shape index (κ3) is 21.4. The number of carboxylic acid groups (broad SMARTS) is 1. The average Bonchev–Trinajstić information content (AvgIpc) is 3.89. The zero-order valence-electron chi connectivity index (χ0n) is 43.3.